The van der Waals surface area contributed by atoms with Crippen LogP contribution in [0.2, 0.25) is 0 Å². The van der Waals surface area contributed by atoms with Crippen LogP contribution in [0.1, 0.15) is 17.9 Å². The zero-order valence-electron chi connectivity index (χ0n) is 9.10. The summed E-state index contributed by atoms with van der Waals surface area (Å²) in [4.78, 5) is 14.4. The Morgan fingerprint density at radius 3 is 2.94 bits per heavy atom. The molecule has 0 radical (unpaired) electrons. The third kappa shape index (κ3) is 1.52. The third-order valence-electron chi connectivity index (χ3n) is 3.42. The second-order valence-corrected chi connectivity index (χ2v) is 4.50. The van der Waals surface area contributed by atoms with Gasteiger partial charge in [-0.15, -0.1) is 0 Å². The zero-order valence-corrected chi connectivity index (χ0v) is 9.10. The summed E-state index contributed by atoms with van der Waals surface area (Å²) in [6.45, 7) is 0. The number of halogens is 2. The average Bonchev–Trinajstić information content (AvgIpc) is 3.08. The molecule has 0 aromatic heterocycles. The first-order valence-electron chi connectivity index (χ1n) is 5.46. The summed E-state index contributed by atoms with van der Waals surface area (Å²) in [6, 6.07) is 1.10. The van der Waals surface area contributed by atoms with Crippen LogP contribution in [0, 0.1) is 17.6 Å². The smallest absolute Gasteiger partial charge is 0.233 e. The molecule has 0 unspecified atom stereocenters. The van der Waals surface area contributed by atoms with Gasteiger partial charge < -0.3 is 5.32 Å². The highest BCUT2D eigenvalue weighted by Gasteiger charge is 2.50. The number of amides is 1. The first-order chi connectivity index (χ1) is 8.61. The van der Waals surface area contributed by atoms with E-state index in [9.17, 15) is 13.6 Å². The number of carbonyl (C=O) groups excluding carboxylic acids is 1. The van der Waals surface area contributed by atoms with Crippen molar-refractivity contribution >= 4 is 11.6 Å². The molecule has 3 atom stereocenters. The van der Waals surface area contributed by atoms with Gasteiger partial charge in [-0.25, -0.2) is 8.78 Å². The van der Waals surface area contributed by atoms with Crippen molar-refractivity contribution in [3.8, 4) is 0 Å². The van der Waals surface area contributed by atoms with E-state index in [-0.39, 0.29) is 17.5 Å². The number of rotatable bonds is 1. The van der Waals surface area contributed by atoms with E-state index in [0.717, 1.165) is 6.07 Å². The molecule has 0 saturated heterocycles. The maximum Gasteiger partial charge on any atom is 0.233 e. The third-order valence-corrected chi connectivity index (χ3v) is 3.42. The first-order valence-corrected chi connectivity index (χ1v) is 5.46. The molecule has 0 spiro atoms. The van der Waals surface area contributed by atoms with Crippen molar-refractivity contribution in [2.45, 2.75) is 18.4 Å². The van der Waals surface area contributed by atoms with E-state index in [1.807, 2.05) is 0 Å². The quantitative estimate of drug-likeness (QED) is 0.464. The van der Waals surface area contributed by atoms with E-state index < -0.39 is 23.6 Å². The van der Waals surface area contributed by atoms with E-state index in [2.05, 4.69) is 15.3 Å². The van der Waals surface area contributed by atoms with Crippen LogP contribution in [0.25, 0.3) is 10.4 Å². The number of fused-ring (bicyclic) bond motifs is 3. The van der Waals surface area contributed by atoms with Gasteiger partial charge in [0.2, 0.25) is 5.91 Å². The maximum absolute atomic E-state index is 13.6. The Morgan fingerprint density at radius 1 is 1.44 bits per heavy atom. The van der Waals surface area contributed by atoms with Gasteiger partial charge in [-0.3, -0.25) is 4.79 Å². The number of azide groups is 1. The number of carbonyl (C=O) groups is 1. The Hall–Kier alpha value is -2.14. The van der Waals surface area contributed by atoms with E-state index in [1.54, 1.807) is 0 Å². The monoisotopic (exact) mass is 250 g/mol. The molecule has 7 heteroatoms. The van der Waals surface area contributed by atoms with Gasteiger partial charge in [0.05, 0.1) is 5.69 Å². The zero-order chi connectivity index (χ0) is 12.9. The van der Waals surface area contributed by atoms with Gasteiger partial charge in [-0.05, 0) is 35.4 Å². The molecule has 92 valence electrons. The molecule has 0 bridgehead atoms. The van der Waals surface area contributed by atoms with E-state index in [0.29, 0.717) is 12.0 Å². The molecule has 1 fully saturated rings. The second kappa shape index (κ2) is 3.68. The van der Waals surface area contributed by atoms with Crippen LogP contribution in [0.5, 0.6) is 0 Å². The molecule has 1 aromatic carbocycles. The summed E-state index contributed by atoms with van der Waals surface area (Å²) in [5.74, 6) is -2.30. The molecule has 5 nitrogen and oxygen atoms in total. The van der Waals surface area contributed by atoms with Gasteiger partial charge in [-0.1, -0.05) is 5.11 Å². The van der Waals surface area contributed by atoms with Crippen LogP contribution >= 0.6 is 0 Å². The largest absolute Gasteiger partial charge is 0.323 e. The predicted octanol–water partition coefficient (Wildman–Crippen LogP) is 2.70. The van der Waals surface area contributed by atoms with E-state index in [1.165, 1.54) is 6.07 Å². The molecule has 1 heterocycles. The lowest BCUT2D eigenvalue weighted by molar-refractivity contribution is -0.117. The fourth-order valence-corrected chi connectivity index (χ4v) is 2.52. The second-order valence-electron chi connectivity index (χ2n) is 4.50. The minimum absolute atomic E-state index is 0.00420. The van der Waals surface area contributed by atoms with Gasteiger partial charge in [0.15, 0.2) is 0 Å². The first kappa shape index (κ1) is 11.0. The fourth-order valence-electron chi connectivity index (χ4n) is 2.52. The minimum atomic E-state index is -0.852. The van der Waals surface area contributed by atoms with E-state index in [4.69, 9.17) is 5.53 Å². The molecule has 1 saturated carbocycles. The Morgan fingerprint density at radius 2 is 2.22 bits per heavy atom. The standard InChI is InChI=1S/C11H8F2N4O/c12-4-1-6-5-3-7(5)10(16-17-14)11(18)15-9(6)8(13)2-4/h1-2,5,7,10H,3H2,(H,15,18)/t5-,7-,10-/m0/s1. The van der Waals surface area contributed by atoms with Crippen LogP contribution in [-0.2, 0) is 4.79 Å². The van der Waals surface area contributed by atoms with Gasteiger partial charge in [0.1, 0.15) is 17.7 Å². The molecule has 2 aliphatic rings. The lowest BCUT2D eigenvalue weighted by atomic mass is 10.1. The summed E-state index contributed by atoms with van der Waals surface area (Å²) in [6.07, 6.45) is 0.604. The van der Waals surface area contributed by atoms with Crippen molar-refractivity contribution in [3.05, 3.63) is 39.8 Å². The number of nitrogens with one attached hydrogen (secondary N) is 1. The number of benzene rings is 1. The minimum Gasteiger partial charge on any atom is -0.323 e. The van der Waals surface area contributed by atoms with Crippen LogP contribution < -0.4 is 5.32 Å². The van der Waals surface area contributed by atoms with Gasteiger partial charge in [0.25, 0.3) is 0 Å². The van der Waals surface area contributed by atoms with Crippen molar-refractivity contribution < 1.29 is 13.6 Å². The van der Waals surface area contributed by atoms with Gasteiger partial charge >= 0.3 is 0 Å². The summed E-state index contributed by atoms with van der Waals surface area (Å²) < 4.78 is 26.8. The molecule has 3 rings (SSSR count). The van der Waals surface area contributed by atoms with Crippen LogP contribution in [-0.4, -0.2) is 11.9 Å². The van der Waals surface area contributed by atoms with Gasteiger partial charge in [0, 0.05) is 11.0 Å². The summed E-state index contributed by atoms with van der Waals surface area (Å²) >= 11 is 0. The Labute approximate surface area is 100 Å². The predicted molar refractivity (Wildman–Crippen MR) is 58.8 cm³/mol. The highest BCUT2D eigenvalue weighted by atomic mass is 19.1. The Kier molecular flexibility index (Phi) is 2.24. The summed E-state index contributed by atoms with van der Waals surface area (Å²) in [5.41, 5.74) is 8.87. The normalized spacial score (nSPS) is 28.3. The molecule has 18 heavy (non-hydrogen) atoms. The number of anilines is 1. The van der Waals surface area contributed by atoms with Crippen LogP contribution in [0.15, 0.2) is 17.2 Å². The lowest BCUT2D eigenvalue weighted by Gasteiger charge is -2.10. The summed E-state index contributed by atoms with van der Waals surface area (Å²) in [5, 5.41) is 5.80. The molecule has 1 amide bonds. The highest BCUT2D eigenvalue weighted by Crippen LogP contribution is 2.54. The average molecular weight is 250 g/mol. The van der Waals surface area contributed by atoms with Crippen LogP contribution in [0.3, 0.4) is 0 Å². The highest BCUT2D eigenvalue weighted by molar-refractivity contribution is 5.97. The molecule has 1 aromatic rings. The lowest BCUT2D eigenvalue weighted by Crippen LogP contribution is -2.27. The van der Waals surface area contributed by atoms with E-state index >= 15 is 0 Å². The Bertz CT molecular complexity index is 597. The Balaban J connectivity index is 2.10. The molecular weight excluding hydrogens is 242 g/mol. The number of hydrogen-bond donors (Lipinski definition) is 1. The maximum atomic E-state index is 13.6. The molecule has 1 aliphatic heterocycles. The SMILES string of the molecule is [N-]=[N+]=N[C@@H]1C(=O)Nc2c(F)cc(F)cc2[C@@H]2C[C@H]12. The van der Waals surface area contributed by atoms with Gasteiger partial charge in [-0.2, -0.15) is 0 Å². The van der Waals surface area contributed by atoms with Crippen molar-refractivity contribution in [2.75, 3.05) is 5.32 Å². The van der Waals surface area contributed by atoms with Crippen molar-refractivity contribution in [1.29, 1.82) is 0 Å². The van der Waals surface area contributed by atoms with Crippen molar-refractivity contribution in [3.63, 3.8) is 0 Å². The van der Waals surface area contributed by atoms with Crippen molar-refractivity contribution in [2.24, 2.45) is 11.0 Å². The molecule has 1 aliphatic carbocycles. The van der Waals surface area contributed by atoms with Crippen molar-refractivity contribution in [1.82, 2.24) is 0 Å². The van der Waals surface area contributed by atoms with Crippen LogP contribution in [0.4, 0.5) is 14.5 Å². The fraction of sp³-hybridized carbons (Fsp3) is 0.364. The number of hydrogen-bond acceptors (Lipinski definition) is 2. The topological polar surface area (TPSA) is 77.9 Å². The molecule has 1 N–H and O–H groups in total. The number of nitrogens with zero attached hydrogens (tertiary/aromatic N) is 3. The summed E-state index contributed by atoms with van der Waals surface area (Å²) in [7, 11) is 0. The molecular formula is C11H8F2N4O.